The molecule has 5 heterocycles. The predicted octanol–water partition coefficient (Wildman–Crippen LogP) is 2.72. The first-order valence-corrected chi connectivity index (χ1v) is 11.6. The number of aromatic nitrogens is 4. The Morgan fingerprint density at radius 2 is 1.88 bits per heavy atom. The molecular weight excluding hydrogens is 436 g/mol. The molecule has 1 aromatic carbocycles. The molecule has 166 valence electrons. The minimum absolute atomic E-state index is 0.0273. The van der Waals surface area contributed by atoms with Crippen LogP contribution in [0.5, 0.6) is 0 Å². The Morgan fingerprint density at radius 1 is 1.06 bits per heavy atom. The van der Waals surface area contributed by atoms with E-state index in [-0.39, 0.29) is 16.2 Å². The summed E-state index contributed by atoms with van der Waals surface area (Å²) in [5, 5.41) is 0. The summed E-state index contributed by atoms with van der Waals surface area (Å²) < 4.78 is 2.60. The molecule has 2 aliphatic rings. The second-order valence-electron chi connectivity index (χ2n) is 9.08. The van der Waals surface area contributed by atoms with Gasteiger partial charge in [-0.05, 0) is 31.2 Å². The zero-order valence-corrected chi connectivity index (χ0v) is 19.2. The summed E-state index contributed by atoms with van der Waals surface area (Å²) in [6.45, 7) is 5.15. The summed E-state index contributed by atoms with van der Waals surface area (Å²) in [4.78, 5) is 42.2. The molecule has 9 heteroatoms. The number of hydrogen-bond donors (Lipinski definition) is 0. The number of carbonyl (C=O) groups is 1. The third-order valence-electron chi connectivity index (χ3n) is 6.58. The Morgan fingerprint density at radius 3 is 2.64 bits per heavy atom. The molecule has 0 atom stereocenters. The highest BCUT2D eigenvalue weighted by molar-refractivity contribution is 7.16. The van der Waals surface area contributed by atoms with Gasteiger partial charge in [0, 0.05) is 56.1 Å². The maximum Gasteiger partial charge on any atom is 0.307 e. The first-order valence-electron chi connectivity index (χ1n) is 10.8. The van der Waals surface area contributed by atoms with E-state index in [1.165, 1.54) is 11.3 Å². The van der Waals surface area contributed by atoms with Crippen molar-refractivity contribution in [1.82, 2.24) is 24.4 Å². The lowest BCUT2D eigenvalue weighted by Crippen LogP contribution is -2.73. The Kier molecular flexibility index (Phi) is 4.38. The van der Waals surface area contributed by atoms with E-state index in [9.17, 15) is 9.59 Å². The lowest BCUT2D eigenvalue weighted by molar-refractivity contribution is -0.0108. The Labute approximate surface area is 194 Å². The van der Waals surface area contributed by atoms with E-state index in [4.69, 9.17) is 4.98 Å². The fraction of sp³-hybridized carbons (Fsp3) is 0.292. The molecule has 0 radical (unpaired) electrons. The van der Waals surface area contributed by atoms with Gasteiger partial charge in [-0.15, -0.1) is 0 Å². The molecule has 6 rings (SSSR count). The van der Waals surface area contributed by atoms with Crippen LogP contribution >= 0.6 is 11.3 Å². The fourth-order valence-electron chi connectivity index (χ4n) is 4.75. The van der Waals surface area contributed by atoms with Crippen LogP contribution in [-0.4, -0.2) is 56.5 Å². The van der Waals surface area contributed by atoms with Crippen LogP contribution in [0.4, 0.5) is 5.82 Å². The number of fused-ring (bicyclic) bond motifs is 1. The predicted molar refractivity (Wildman–Crippen MR) is 128 cm³/mol. The second-order valence-corrected chi connectivity index (χ2v) is 10.1. The van der Waals surface area contributed by atoms with Gasteiger partial charge in [-0.2, -0.15) is 0 Å². The molecule has 2 fully saturated rings. The molecule has 3 aromatic heterocycles. The number of aryl methyl sites for hydroxylation is 2. The van der Waals surface area contributed by atoms with E-state index in [0.29, 0.717) is 5.56 Å². The van der Waals surface area contributed by atoms with Crippen LogP contribution in [0.1, 0.15) is 16.1 Å². The number of amides is 1. The summed E-state index contributed by atoms with van der Waals surface area (Å²) in [5.74, 6) is 0.888. The zero-order valence-electron chi connectivity index (χ0n) is 18.4. The fourth-order valence-corrected chi connectivity index (χ4v) is 5.67. The number of anilines is 1. The van der Waals surface area contributed by atoms with Crippen molar-refractivity contribution < 1.29 is 4.79 Å². The normalized spacial score (nSPS) is 16.7. The van der Waals surface area contributed by atoms with Crippen molar-refractivity contribution in [2.45, 2.75) is 6.92 Å². The van der Waals surface area contributed by atoms with Crippen LogP contribution in [0.15, 0.2) is 53.7 Å². The molecule has 4 aromatic rings. The minimum Gasteiger partial charge on any atom is -0.354 e. The van der Waals surface area contributed by atoms with Crippen LogP contribution in [0.2, 0.25) is 0 Å². The van der Waals surface area contributed by atoms with Crippen molar-refractivity contribution in [3.8, 4) is 11.3 Å². The summed E-state index contributed by atoms with van der Waals surface area (Å²) in [5.41, 5.74) is 4.35. The number of thiazole rings is 1. The van der Waals surface area contributed by atoms with E-state index < -0.39 is 0 Å². The largest absolute Gasteiger partial charge is 0.354 e. The van der Waals surface area contributed by atoms with Crippen molar-refractivity contribution >= 4 is 33.3 Å². The van der Waals surface area contributed by atoms with Crippen LogP contribution < -0.4 is 9.77 Å². The van der Waals surface area contributed by atoms with Crippen LogP contribution in [0.3, 0.4) is 0 Å². The van der Waals surface area contributed by atoms with Gasteiger partial charge in [0.1, 0.15) is 5.82 Å². The van der Waals surface area contributed by atoms with Crippen molar-refractivity contribution in [2.75, 3.05) is 31.1 Å². The quantitative estimate of drug-likeness (QED) is 0.469. The molecule has 2 saturated heterocycles. The molecule has 0 saturated carbocycles. The highest BCUT2D eigenvalue weighted by Gasteiger charge is 2.53. The van der Waals surface area contributed by atoms with Gasteiger partial charge < -0.3 is 14.4 Å². The molecule has 0 bridgehead atoms. The van der Waals surface area contributed by atoms with Gasteiger partial charge in [0.2, 0.25) is 0 Å². The van der Waals surface area contributed by atoms with Crippen molar-refractivity contribution in [1.29, 1.82) is 0 Å². The molecule has 1 amide bonds. The molecule has 0 aliphatic carbocycles. The van der Waals surface area contributed by atoms with Gasteiger partial charge in [0.05, 0.1) is 33.9 Å². The van der Waals surface area contributed by atoms with Crippen LogP contribution in [0.25, 0.3) is 21.5 Å². The topological polar surface area (TPSA) is 84.2 Å². The number of likely N-dealkylation sites (tertiary alicyclic amines) is 1. The monoisotopic (exact) mass is 458 g/mol. The van der Waals surface area contributed by atoms with Crippen molar-refractivity contribution in [2.24, 2.45) is 12.5 Å². The van der Waals surface area contributed by atoms with E-state index in [1.54, 1.807) is 30.2 Å². The third kappa shape index (κ3) is 3.31. The van der Waals surface area contributed by atoms with Gasteiger partial charge in [-0.25, -0.2) is 4.98 Å². The maximum absolute atomic E-state index is 12.7. The molecule has 1 spiro atoms. The highest BCUT2D eigenvalue weighted by Crippen LogP contribution is 2.42. The van der Waals surface area contributed by atoms with E-state index in [1.807, 2.05) is 42.2 Å². The number of pyridine rings is 1. The van der Waals surface area contributed by atoms with Gasteiger partial charge in [0.25, 0.3) is 5.91 Å². The first-order chi connectivity index (χ1) is 15.9. The lowest BCUT2D eigenvalue weighted by Gasteiger charge is -2.60. The molecule has 0 N–H and O–H groups in total. The smallest absolute Gasteiger partial charge is 0.307 e. The van der Waals surface area contributed by atoms with Crippen LogP contribution in [0, 0.1) is 12.3 Å². The van der Waals surface area contributed by atoms with Gasteiger partial charge >= 0.3 is 4.87 Å². The Balaban J connectivity index is 1.14. The summed E-state index contributed by atoms with van der Waals surface area (Å²) in [6, 6.07) is 9.65. The molecule has 33 heavy (non-hydrogen) atoms. The molecule has 0 unspecified atom stereocenters. The second kappa shape index (κ2) is 7.21. The van der Waals surface area contributed by atoms with E-state index >= 15 is 0 Å². The van der Waals surface area contributed by atoms with Gasteiger partial charge in [-0.1, -0.05) is 17.4 Å². The number of carbonyl (C=O) groups excluding carboxylic acids is 1. The maximum atomic E-state index is 12.7. The van der Waals surface area contributed by atoms with Gasteiger partial charge in [0.15, 0.2) is 0 Å². The number of rotatable bonds is 3. The molecule has 2 aliphatic heterocycles. The van der Waals surface area contributed by atoms with Crippen molar-refractivity contribution in [3.05, 3.63) is 69.8 Å². The highest BCUT2D eigenvalue weighted by atomic mass is 32.1. The minimum atomic E-state index is 0.0273. The average Bonchev–Trinajstić information content (AvgIpc) is 3.05. The van der Waals surface area contributed by atoms with Crippen LogP contribution in [-0.2, 0) is 7.05 Å². The zero-order chi connectivity index (χ0) is 22.7. The lowest BCUT2D eigenvalue weighted by atomic mass is 9.72. The average molecular weight is 459 g/mol. The Hall–Kier alpha value is -3.59. The number of nitrogens with zero attached hydrogens (tertiary/aromatic N) is 6. The Bertz CT molecular complexity index is 1440. The van der Waals surface area contributed by atoms with E-state index in [2.05, 4.69) is 14.9 Å². The SMILES string of the molecule is Cc1ccc(C(=O)N2CC3(C2)CN(c2cncc(-c4ccc5c(c4)sc(=O)n5C)n2)C3)cn1. The number of hydrogen-bond acceptors (Lipinski definition) is 7. The first kappa shape index (κ1) is 20.0. The standard InChI is InChI=1S/C24H22N6O2S/c1-15-3-4-17(8-26-15)22(31)30-13-24(14-30)11-29(12-24)21-10-25-9-18(27-21)16-5-6-19-20(7-16)33-23(32)28(19)2/h3-10H,11-14H2,1-2H3. The summed E-state index contributed by atoms with van der Waals surface area (Å²) >= 11 is 1.24. The number of benzene rings is 1. The molecule has 8 nitrogen and oxygen atoms in total. The summed E-state index contributed by atoms with van der Waals surface area (Å²) in [7, 11) is 1.79. The third-order valence-corrected chi connectivity index (χ3v) is 7.58. The molecular formula is C24H22N6O2S. The van der Waals surface area contributed by atoms with Crippen molar-refractivity contribution in [3.63, 3.8) is 0 Å². The summed E-state index contributed by atoms with van der Waals surface area (Å²) in [6.07, 6.45) is 5.20. The van der Waals surface area contributed by atoms with E-state index in [0.717, 1.165) is 59.2 Å². The van der Waals surface area contributed by atoms with Gasteiger partial charge in [-0.3, -0.25) is 19.6 Å².